The number of carbonyl (C=O) groups excluding carboxylic acids is 9. The number of aromatic hydroxyl groups is 1. The number of alkyl carbamates (subject to hydrolysis) is 1. The van der Waals surface area contributed by atoms with Gasteiger partial charge in [-0.3, -0.25) is 43.3 Å². The molecule has 1 aliphatic carbocycles. The van der Waals surface area contributed by atoms with E-state index in [9.17, 15) is 63.6 Å². The summed E-state index contributed by atoms with van der Waals surface area (Å²) in [6, 6.07) is 8.62. The van der Waals surface area contributed by atoms with E-state index in [1.54, 1.807) is 90.1 Å². The molecule has 0 aromatic heterocycles. The molecule has 0 saturated carbocycles. The Morgan fingerprint density at radius 1 is 0.837 bits per heavy atom. The fourth-order valence-electron chi connectivity index (χ4n) is 13.4. The number of rotatable bonds is 21. The molecular weight excluding hydrogens is 1340 g/mol. The minimum Gasteiger partial charge on any atom is -0.507 e. The Hall–Kier alpha value is -10.2. The number of aliphatic hydroxyl groups is 3. The first-order chi connectivity index (χ1) is 49.4. The van der Waals surface area contributed by atoms with Crippen molar-refractivity contribution in [1.82, 2.24) is 31.2 Å². The first kappa shape index (κ1) is 77.9. The zero-order valence-electron chi connectivity index (χ0n) is 60.0. The van der Waals surface area contributed by atoms with Crippen LogP contribution in [0.15, 0.2) is 100.0 Å². The van der Waals surface area contributed by atoms with Crippen molar-refractivity contribution in [2.45, 2.75) is 169 Å². The van der Waals surface area contributed by atoms with Crippen LogP contribution in [-0.4, -0.2) is 165 Å². The van der Waals surface area contributed by atoms with Crippen LogP contribution in [0.25, 0.3) is 33.3 Å². The van der Waals surface area contributed by atoms with E-state index in [-0.39, 0.29) is 130 Å². The van der Waals surface area contributed by atoms with Gasteiger partial charge in [0.15, 0.2) is 11.3 Å². The second-order valence-electron chi connectivity index (χ2n) is 27.7. The molecule has 0 unspecified atom stereocenters. The standard InChI is InChI=1S/C75H94N10O19/c1-38(2)59(82-53(86)19-12-11-13-32-85-54(87)26-27-55(85)88)72(97)81-50(18-15-31-77-73(76)98)71(96)78-46-22-20-45(21-23-46)37-101-74(99)79-47-28-33-84(34-29-47)48-24-25-49-52(36-48)103-68-60(80-49)56-57-65(92)44(8)67-58(56)69(94)75(9,104-67)102-35-30-51(100-10)41(5)63(90)43(7)64(91)42(6)62(89)39(3)16-14-17-40(4)70(95)83-61(68)66(57)93/h14,16-17,20-27,30,35-36,38-39,41-43,47,50-51,59,62-64,89-92H,11-13,15,18-19,28-29,31-34,37H2,1-10H3,(H,78,96)(H,79,99)(H,81,97)(H,82,86)(H,83,95)(H3,76,77,98)/b16-14+,35-30+,40-17-/t39-,41+,42+,43-,50-,51-,59-,62-,63+,64+,75-/m0/s1. The van der Waals surface area contributed by atoms with Gasteiger partial charge in [0.05, 0.1) is 41.6 Å². The number of allylic oxidation sites excluding steroid dienone is 2. The molecule has 9 rings (SSSR count). The number of amides is 9. The van der Waals surface area contributed by atoms with Gasteiger partial charge in [0.1, 0.15) is 47.1 Å². The number of nitrogens with two attached hydrogens (primary N) is 1. The monoisotopic (exact) mass is 1440 g/mol. The van der Waals surface area contributed by atoms with Crippen LogP contribution in [-0.2, 0) is 49.6 Å². The Morgan fingerprint density at radius 3 is 2.19 bits per heavy atom. The molecule has 29 nitrogen and oxygen atoms in total. The number of hydrogen-bond acceptors (Lipinski definition) is 21. The average molecular weight is 1440 g/mol. The zero-order valence-corrected chi connectivity index (χ0v) is 60.0. The van der Waals surface area contributed by atoms with Crippen LogP contribution in [0.2, 0.25) is 0 Å². The summed E-state index contributed by atoms with van der Waals surface area (Å²) in [5.41, 5.74) is 6.00. The Balaban J connectivity index is 0.861. The molecule has 9 amide bonds. The maximum Gasteiger partial charge on any atom is 0.407 e. The lowest BCUT2D eigenvalue weighted by Gasteiger charge is -2.36. The summed E-state index contributed by atoms with van der Waals surface area (Å²) in [6.07, 6.45) is 7.89. The summed E-state index contributed by atoms with van der Waals surface area (Å²) < 4.78 is 30.3. The summed E-state index contributed by atoms with van der Waals surface area (Å²) in [5, 5.41) is 62.4. The number of aliphatic hydroxyl groups excluding tert-OH is 3. The summed E-state index contributed by atoms with van der Waals surface area (Å²) in [6.45, 7) is 15.8. The molecule has 6 aliphatic rings. The van der Waals surface area contributed by atoms with Crippen LogP contribution < -0.4 is 52.7 Å². The third kappa shape index (κ3) is 17.9. The SMILES string of the molecule is CO[C@H]1/C=C/O[C@@]2(C)Oc3c(C)c(O)c4c(=O)c(c5oc6cc(N7CCC(NC(=O)OCc8ccc(NC(=O)[C@H](CCCNC(N)=O)NC(=O)[C@@H](NC(=O)CCCCCN9C(=O)C=CC9=O)C(C)C)cc8)CC7)ccc6nc-5c4c3C2=O)NC(=O)/C(C)=C\C=C\[C@H](C)[C@H](O)[C@@H](C)[C@@H](O)[C@@H](C)[C@H](O)[C@@H]1C. The van der Waals surface area contributed by atoms with Gasteiger partial charge in [-0.05, 0) is 94.2 Å². The number of piperidine rings is 1. The first-order valence-corrected chi connectivity index (χ1v) is 35.1. The number of benzene rings is 4. The normalized spacial score (nSPS) is 24.3. The van der Waals surface area contributed by atoms with Gasteiger partial charge in [0.25, 0.3) is 23.5 Å². The number of Topliss-reactive ketones (excluding diaryl/α,β-unsaturated/α-hetero) is 1. The Bertz CT molecular complexity index is 4220. The number of imide groups is 1. The number of urea groups is 1. The van der Waals surface area contributed by atoms with Crippen molar-refractivity contribution in [2.24, 2.45) is 35.3 Å². The van der Waals surface area contributed by atoms with Gasteiger partial charge in [0, 0.05) is 122 Å². The van der Waals surface area contributed by atoms with E-state index >= 15 is 4.79 Å². The Morgan fingerprint density at radius 2 is 1.52 bits per heavy atom. The highest BCUT2D eigenvalue weighted by Crippen LogP contribution is 2.51. The summed E-state index contributed by atoms with van der Waals surface area (Å²) in [4.78, 5) is 141. The Labute approximate surface area is 601 Å². The van der Waals surface area contributed by atoms with E-state index in [2.05, 4.69) is 36.8 Å². The fraction of sp³-hybridized carbons (Fsp3) is 0.480. The van der Waals surface area contributed by atoms with E-state index < -0.39 is 113 Å². The maximum atomic E-state index is 15.1. The number of ether oxygens (including phenoxy) is 4. The number of aromatic nitrogens is 1. The molecule has 0 spiro atoms. The molecule has 104 heavy (non-hydrogen) atoms. The van der Waals surface area contributed by atoms with Gasteiger partial charge in [-0.1, -0.05) is 78.3 Å². The molecule has 3 aromatic carbocycles. The number of nitrogens with zero attached hydrogens (tertiary/aromatic N) is 3. The molecule has 1 fully saturated rings. The minimum absolute atomic E-state index is 0.0236. The predicted octanol–water partition coefficient (Wildman–Crippen LogP) is 6.77. The smallest absolute Gasteiger partial charge is 0.407 e. The number of fused-ring (bicyclic) bond motifs is 2. The number of methoxy groups -OCH3 is 1. The van der Waals surface area contributed by atoms with Crippen molar-refractivity contribution in [3.63, 3.8) is 0 Å². The molecule has 3 aromatic rings. The predicted molar refractivity (Wildman–Crippen MR) is 385 cm³/mol. The topological polar surface area (TPSA) is 419 Å². The molecule has 1 saturated heterocycles. The highest BCUT2D eigenvalue weighted by molar-refractivity contribution is 6.22. The third-order valence-electron chi connectivity index (χ3n) is 19.9. The van der Waals surface area contributed by atoms with Gasteiger partial charge in [0.2, 0.25) is 23.2 Å². The number of ketones is 1. The highest BCUT2D eigenvalue weighted by Gasteiger charge is 2.50. The summed E-state index contributed by atoms with van der Waals surface area (Å²) in [7, 11) is 1.43. The molecule has 29 heteroatoms. The lowest BCUT2D eigenvalue weighted by atomic mass is 9.78. The molecule has 4 bridgehead atoms. The quantitative estimate of drug-likeness (QED) is 0.0156. The van der Waals surface area contributed by atoms with Crippen molar-refractivity contribution in [3.8, 4) is 23.0 Å². The van der Waals surface area contributed by atoms with Crippen molar-refractivity contribution in [3.05, 3.63) is 118 Å². The number of phenolic OH excluding ortho intramolecular Hbond substituents is 1. The molecule has 11 atom stereocenters. The van der Waals surface area contributed by atoms with Gasteiger partial charge < -0.3 is 86.3 Å². The number of carbonyl (C=O) groups is 9. The number of hydrogen-bond donors (Lipinski definition) is 11. The van der Waals surface area contributed by atoms with E-state index in [0.29, 0.717) is 62.1 Å². The third-order valence-corrected chi connectivity index (χ3v) is 19.9. The average Bonchev–Trinajstić information content (AvgIpc) is 1.47. The number of unbranched alkanes of at least 4 members (excludes halogenated alkanes) is 2. The molecule has 0 radical (unpaired) electrons. The van der Waals surface area contributed by atoms with Crippen LogP contribution in [0, 0.1) is 36.5 Å². The summed E-state index contributed by atoms with van der Waals surface area (Å²) in [5.74, 6) is -9.77. The fourth-order valence-corrected chi connectivity index (χ4v) is 13.4. The van der Waals surface area contributed by atoms with Gasteiger partial charge >= 0.3 is 17.9 Å². The molecule has 5 heterocycles. The van der Waals surface area contributed by atoms with Gasteiger partial charge in [-0.2, -0.15) is 0 Å². The second kappa shape index (κ2) is 33.9. The number of anilines is 3. The van der Waals surface area contributed by atoms with E-state index in [4.69, 9.17) is 34.1 Å². The highest BCUT2D eigenvalue weighted by atomic mass is 16.7. The van der Waals surface area contributed by atoms with Crippen LogP contribution in [0.1, 0.15) is 128 Å². The lowest BCUT2D eigenvalue weighted by molar-refractivity contribution is -0.137. The van der Waals surface area contributed by atoms with Gasteiger partial charge in [-0.15, -0.1) is 0 Å². The van der Waals surface area contributed by atoms with E-state index in [0.717, 1.165) is 4.90 Å². The number of primary amides is 1. The minimum atomic E-state index is -2.09. The van der Waals surface area contributed by atoms with E-state index in [1.807, 2.05) is 6.07 Å². The van der Waals surface area contributed by atoms with Crippen LogP contribution in [0.4, 0.5) is 26.7 Å². The first-order valence-electron chi connectivity index (χ1n) is 35.1. The van der Waals surface area contributed by atoms with Gasteiger partial charge in [-0.25, -0.2) is 14.6 Å². The number of nitrogens with one attached hydrogen (secondary N) is 6. The summed E-state index contributed by atoms with van der Waals surface area (Å²) >= 11 is 0. The number of phenols is 1. The van der Waals surface area contributed by atoms with Crippen molar-refractivity contribution in [1.29, 1.82) is 0 Å². The van der Waals surface area contributed by atoms with Crippen LogP contribution >= 0.6 is 0 Å². The lowest BCUT2D eigenvalue weighted by Crippen LogP contribution is -2.54. The van der Waals surface area contributed by atoms with Crippen molar-refractivity contribution in [2.75, 3.05) is 48.8 Å². The molecule has 5 aliphatic heterocycles. The Kier molecular flexibility index (Phi) is 25.4. The zero-order chi connectivity index (χ0) is 75.6. The molecule has 558 valence electrons. The van der Waals surface area contributed by atoms with Crippen molar-refractivity contribution < 1.29 is 86.9 Å². The van der Waals surface area contributed by atoms with Crippen LogP contribution in [0.3, 0.4) is 0 Å². The molecular formula is C75H94N10O19. The van der Waals surface area contributed by atoms with E-state index in [1.165, 1.54) is 58.4 Å². The van der Waals surface area contributed by atoms with Crippen LogP contribution in [0.5, 0.6) is 11.5 Å². The van der Waals surface area contributed by atoms with Crippen molar-refractivity contribution >= 4 is 92.3 Å². The largest absolute Gasteiger partial charge is 0.507 e. The second-order valence-corrected chi connectivity index (χ2v) is 27.7. The maximum absolute atomic E-state index is 15.1. The molecule has 12 N–H and O–H groups in total.